The second-order valence-corrected chi connectivity index (χ2v) is 3.79. The Balaban J connectivity index is 2.32. The molecule has 2 N–H and O–H groups in total. The maximum absolute atomic E-state index is 6.01. The van der Waals surface area contributed by atoms with Crippen molar-refractivity contribution in [3.05, 3.63) is 52.7 Å². The molecule has 0 aromatic carbocycles. The van der Waals surface area contributed by atoms with Crippen LogP contribution in [0.25, 0.3) is 0 Å². The minimum absolute atomic E-state index is 0.315. The van der Waals surface area contributed by atoms with Crippen molar-refractivity contribution >= 4 is 11.6 Å². The van der Waals surface area contributed by atoms with E-state index in [1.165, 1.54) is 0 Å². The summed E-state index contributed by atoms with van der Waals surface area (Å²) in [7, 11) is 0. The third-order valence-corrected chi connectivity index (χ3v) is 2.36. The number of furan rings is 1. The predicted molar refractivity (Wildman–Crippen MR) is 58.7 cm³/mol. The van der Waals surface area contributed by atoms with Gasteiger partial charge in [-0.2, -0.15) is 0 Å². The highest BCUT2D eigenvalue weighted by Gasteiger charge is 2.13. The molecule has 78 valence electrons. The van der Waals surface area contributed by atoms with Crippen LogP contribution in [0.5, 0.6) is 0 Å². The summed E-state index contributed by atoms with van der Waals surface area (Å²) in [4.78, 5) is 4.08. The van der Waals surface area contributed by atoms with Crippen LogP contribution in [-0.2, 0) is 0 Å². The molecule has 0 radical (unpaired) electrons. The van der Waals surface area contributed by atoms with E-state index in [1.807, 2.05) is 13.0 Å². The lowest BCUT2D eigenvalue weighted by Gasteiger charge is -2.08. The molecule has 15 heavy (non-hydrogen) atoms. The standard InChI is InChI=1S/C11H11ClN2O/c1-7-4-8(6-14-5-7)11(13)9-2-3-10(12)15-9/h2-6,11H,13H2,1H3. The molecule has 2 heterocycles. The van der Waals surface area contributed by atoms with Gasteiger partial charge in [0.1, 0.15) is 5.76 Å². The van der Waals surface area contributed by atoms with E-state index < -0.39 is 0 Å². The zero-order chi connectivity index (χ0) is 10.8. The zero-order valence-electron chi connectivity index (χ0n) is 8.27. The average Bonchev–Trinajstić information content (AvgIpc) is 2.64. The fourth-order valence-electron chi connectivity index (χ4n) is 1.41. The molecule has 3 nitrogen and oxygen atoms in total. The van der Waals surface area contributed by atoms with Gasteiger partial charge in [-0.1, -0.05) is 6.07 Å². The highest BCUT2D eigenvalue weighted by Crippen LogP contribution is 2.23. The van der Waals surface area contributed by atoms with Gasteiger partial charge in [-0.3, -0.25) is 4.98 Å². The molecule has 1 unspecified atom stereocenters. The number of nitrogens with two attached hydrogens (primary N) is 1. The number of aromatic nitrogens is 1. The Hall–Kier alpha value is -1.32. The summed E-state index contributed by atoms with van der Waals surface area (Å²) in [5.41, 5.74) is 7.99. The van der Waals surface area contributed by atoms with E-state index in [4.69, 9.17) is 21.8 Å². The highest BCUT2D eigenvalue weighted by atomic mass is 35.5. The van der Waals surface area contributed by atoms with Gasteiger partial charge >= 0.3 is 0 Å². The molecular weight excluding hydrogens is 212 g/mol. The molecule has 0 fully saturated rings. The van der Waals surface area contributed by atoms with E-state index >= 15 is 0 Å². The monoisotopic (exact) mass is 222 g/mol. The van der Waals surface area contributed by atoms with Crippen LogP contribution in [0.15, 0.2) is 35.0 Å². The molecule has 0 aliphatic heterocycles. The molecule has 0 saturated carbocycles. The first-order chi connectivity index (χ1) is 7.16. The van der Waals surface area contributed by atoms with Gasteiger partial charge in [0, 0.05) is 12.4 Å². The van der Waals surface area contributed by atoms with Crippen molar-refractivity contribution in [1.29, 1.82) is 0 Å². The number of rotatable bonds is 2. The van der Waals surface area contributed by atoms with Gasteiger partial charge in [0.05, 0.1) is 6.04 Å². The normalized spacial score (nSPS) is 12.7. The summed E-state index contributed by atoms with van der Waals surface area (Å²) in [5, 5.41) is 0.348. The van der Waals surface area contributed by atoms with Crippen LogP contribution < -0.4 is 5.73 Å². The number of aryl methyl sites for hydroxylation is 1. The number of pyridine rings is 1. The van der Waals surface area contributed by atoms with Crippen molar-refractivity contribution < 1.29 is 4.42 Å². The van der Waals surface area contributed by atoms with Gasteiger partial charge in [0.25, 0.3) is 0 Å². The van der Waals surface area contributed by atoms with Crippen LogP contribution in [0.2, 0.25) is 5.22 Å². The molecule has 0 aliphatic carbocycles. The number of hydrogen-bond acceptors (Lipinski definition) is 3. The Morgan fingerprint density at radius 3 is 2.80 bits per heavy atom. The highest BCUT2D eigenvalue weighted by molar-refractivity contribution is 6.28. The van der Waals surface area contributed by atoms with Gasteiger partial charge in [-0.05, 0) is 41.8 Å². The molecule has 0 bridgehead atoms. The number of nitrogens with zero attached hydrogens (tertiary/aromatic N) is 1. The van der Waals surface area contributed by atoms with Crippen molar-refractivity contribution in [3.8, 4) is 0 Å². The van der Waals surface area contributed by atoms with Crippen LogP contribution in [0.4, 0.5) is 0 Å². The van der Waals surface area contributed by atoms with E-state index in [0.717, 1.165) is 11.1 Å². The Morgan fingerprint density at radius 2 is 2.20 bits per heavy atom. The molecule has 0 saturated heterocycles. The van der Waals surface area contributed by atoms with Crippen molar-refractivity contribution in [2.75, 3.05) is 0 Å². The Morgan fingerprint density at radius 1 is 1.40 bits per heavy atom. The average molecular weight is 223 g/mol. The first-order valence-corrected chi connectivity index (χ1v) is 4.97. The largest absolute Gasteiger partial charge is 0.448 e. The van der Waals surface area contributed by atoms with Crippen LogP contribution in [0, 0.1) is 6.92 Å². The summed E-state index contributed by atoms with van der Waals surface area (Å²) in [6.45, 7) is 1.97. The molecule has 2 aromatic heterocycles. The molecule has 0 aliphatic rings. The zero-order valence-corrected chi connectivity index (χ0v) is 9.03. The summed E-state index contributed by atoms with van der Waals surface area (Å²) in [6, 6.07) is 5.12. The van der Waals surface area contributed by atoms with Crippen molar-refractivity contribution in [2.45, 2.75) is 13.0 Å². The third-order valence-electron chi connectivity index (χ3n) is 2.16. The van der Waals surface area contributed by atoms with Crippen molar-refractivity contribution in [3.63, 3.8) is 0 Å². The lowest BCUT2D eigenvalue weighted by Crippen LogP contribution is -2.11. The minimum atomic E-state index is -0.315. The molecule has 4 heteroatoms. The maximum Gasteiger partial charge on any atom is 0.193 e. The van der Waals surface area contributed by atoms with Crippen LogP contribution in [-0.4, -0.2) is 4.98 Å². The van der Waals surface area contributed by atoms with E-state index in [9.17, 15) is 0 Å². The van der Waals surface area contributed by atoms with Gasteiger partial charge in [0.15, 0.2) is 5.22 Å². The Kier molecular flexibility index (Phi) is 2.75. The third kappa shape index (κ3) is 2.19. The first kappa shape index (κ1) is 10.2. The predicted octanol–water partition coefficient (Wildman–Crippen LogP) is 2.68. The Labute approximate surface area is 92.9 Å². The van der Waals surface area contributed by atoms with Crippen LogP contribution in [0.3, 0.4) is 0 Å². The van der Waals surface area contributed by atoms with E-state index in [1.54, 1.807) is 24.5 Å². The topological polar surface area (TPSA) is 52.0 Å². The minimum Gasteiger partial charge on any atom is -0.448 e. The summed E-state index contributed by atoms with van der Waals surface area (Å²) < 4.78 is 5.25. The second kappa shape index (κ2) is 4.04. The smallest absolute Gasteiger partial charge is 0.193 e. The molecular formula is C11H11ClN2O. The van der Waals surface area contributed by atoms with E-state index in [0.29, 0.717) is 11.0 Å². The first-order valence-electron chi connectivity index (χ1n) is 4.59. The van der Waals surface area contributed by atoms with E-state index in [2.05, 4.69) is 4.98 Å². The molecule has 0 amide bonds. The van der Waals surface area contributed by atoms with Crippen LogP contribution >= 0.6 is 11.6 Å². The number of hydrogen-bond donors (Lipinski definition) is 1. The second-order valence-electron chi connectivity index (χ2n) is 3.42. The molecule has 2 aromatic rings. The van der Waals surface area contributed by atoms with Gasteiger partial charge in [0.2, 0.25) is 0 Å². The maximum atomic E-state index is 6.01. The SMILES string of the molecule is Cc1cncc(C(N)c2ccc(Cl)o2)c1. The lowest BCUT2D eigenvalue weighted by molar-refractivity contribution is 0.491. The quantitative estimate of drug-likeness (QED) is 0.850. The Bertz CT molecular complexity index is 467. The van der Waals surface area contributed by atoms with Gasteiger partial charge in [-0.15, -0.1) is 0 Å². The van der Waals surface area contributed by atoms with Gasteiger partial charge in [-0.25, -0.2) is 0 Å². The van der Waals surface area contributed by atoms with Crippen LogP contribution in [0.1, 0.15) is 22.9 Å². The molecule has 2 rings (SSSR count). The van der Waals surface area contributed by atoms with Gasteiger partial charge < -0.3 is 10.2 Å². The van der Waals surface area contributed by atoms with Crippen molar-refractivity contribution in [1.82, 2.24) is 4.98 Å². The summed E-state index contributed by atoms with van der Waals surface area (Å²) >= 11 is 5.69. The molecule has 0 spiro atoms. The lowest BCUT2D eigenvalue weighted by atomic mass is 10.1. The van der Waals surface area contributed by atoms with E-state index in [-0.39, 0.29) is 6.04 Å². The molecule has 1 atom stereocenters. The number of halogens is 1. The van der Waals surface area contributed by atoms with Crippen molar-refractivity contribution in [2.24, 2.45) is 5.73 Å². The summed E-state index contributed by atoms with van der Waals surface area (Å²) in [5.74, 6) is 0.646. The fourth-order valence-corrected chi connectivity index (χ4v) is 1.56. The summed E-state index contributed by atoms with van der Waals surface area (Å²) in [6.07, 6.45) is 3.51. The fraction of sp³-hybridized carbons (Fsp3) is 0.182.